The molecule has 1 amide bonds. The zero-order valence-corrected chi connectivity index (χ0v) is 11.0. The van der Waals surface area contributed by atoms with E-state index in [2.05, 4.69) is 18.0 Å². The molecule has 0 radical (unpaired) electrons. The minimum atomic E-state index is -0.485. The van der Waals surface area contributed by atoms with E-state index in [1.807, 2.05) is 24.3 Å². The molecule has 0 aliphatic heterocycles. The number of hydrogen-bond acceptors (Lipinski definition) is 3. The molecule has 0 aromatic heterocycles. The van der Waals surface area contributed by atoms with E-state index in [4.69, 9.17) is 10.7 Å². The average molecular weight is 260 g/mol. The number of anilines is 1. The van der Waals surface area contributed by atoms with Crippen LogP contribution >= 0.6 is 21.9 Å². The van der Waals surface area contributed by atoms with Crippen molar-refractivity contribution in [2.75, 3.05) is 11.9 Å². The van der Waals surface area contributed by atoms with E-state index in [0.29, 0.717) is 17.2 Å². The predicted octanol–water partition coefficient (Wildman–Crippen LogP) is 4.18. The summed E-state index contributed by atoms with van der Waals surface area (Å²) >= 11 is 0.524. The topological polar surface area (TPSA) is 29.5 Å². The predicted molar refractivity (Wildman–Crippen MR) is 68.9 cm³/mol. The van der Waals surface area contributed by atoms with E-state index >= 15 is 0 Å². The molecule has 5 heteroatoms. The lowest BCUT2D eigenvalue weighted by Gasteiger charge is -2.16. The van der Waals surface area contributed by atoms with Gasteiger partial charge in [-0.25, -0.2) is 4.79 Å². The summed E-state index contributed by atoms with van der Waals surface area (Å²) in [6, 6.07) is 7.77. The molecule has 0 saturated heterocycles. The first-order valence-electron chi connectivity index (χ1n) is 4.89. The van der Waals surface area contributed by atoms with Gasteiger partial charge in [-0.15, -0.1) is 0 Å². The molecule has 0 heterocycles. The van der Waals surface area contributed by atoms with Gasteiger partial charge < -0.3 is 4.18 Å². The monoisotopic (exact) mass is 259 g/mol. The molecule has 88 valence electrons. The third-order valence-corrected chi connectivity index (χ3v) is 2.70. The summed E-state index contributed by atoms with van der Waals surface area (Å²) in [4.78, 5) is 12.8. The lowest BCUT2D eigenvalue weighted by atomic mass is 10.0. The first kappa shape index (κ1) is 13.2. The Kier molecular flexibility index (Phi) is 4.96. The summed E-state index contributed by atoms with van der Waals surface area (Å²) < 4.78 is 4.63. The Bertz CT molecular complexity index is 371. The number of carbonyl (C=O) groups excluding carboxylic acids is 1. The second-order valence-corrected chi connectivity index (χ2v) is 4.39. The molecule has 0 aliphatic rings. The summed E-state index contributed by atoms with van der Waals surface area (Å²) in [6.45, 7) is 4.21. The van der Waals surface area contributed by atoms with Gasteiger partial charge in [-0.3, -0.25) is 4.90 Å². The molecule has 0 N–H and O–H groups in total. The van der Waals surface area contributed by atoms with Crippen LogP contribution < -0.4 is 4.90 Å². The molecular weight excluding hydrogens is 246 g/mol. The lowest BCUT2D eigenvalue weighted by molar-refractivity contribution is 0.217. The lowest BCUT2D eigenvalue weighted by Crippen LogP contribution is -2.25. The Labute approximate surface area is 104 Å². The molecule has 1 aromatic rings. The molecule has 0 spiro atoms. The first-order valence-corrected chi connectivity index (χ1v) is 6.46. The van der Waals surface area contributed by atoms with Crippen molar-refractivity contribution in [1.82, 2.24) is 0 Å². The van der Waals surface area contributed by atoms with Crippen LogP contribution in [0.5, 0.6) is 0 Å². The highest BCUT2D eigenvalue weighted by Crippen LogP contribution is 2.22. The van der Waals surface area contributed by atoms with Crippen LogP contribution in [0.2, 0.25) is 0 Å². The fourth-order valence-corrected chi connectivity index (χ4v) is 1.61. The van der Waals surface area contributed by atoms with Crippen LogP contribution in [-0.4, -0.2) is 13.1 Å². The maximum Gasteiger partial charge on any atom is 0.427 e. The van der Waals surface area contributed by atoms with Crippen LogP contribution in [0.4, 0.5) is 10.5 Å². The van der Waals surface area contributed by atoms with Gasteiger partial charge in [-0.05, 0) is 23.6 Å². The van der Waals surface area contributed by atoms with E-state index in [0.717, 1.165) is 5.69 Å². The normalized spacial score (nSPS) is 10.3. The molecule has 0 fully saturated rings. The smallest absolute Gasteiger partial charge is 0.357 e. The van der Waals surface area contributed by atoms with Crippen molar-refractivity contribution in [3.8, 4) is 0 Å². The summed E-state index contributed by atoms with van der Waals surface area (Å²) in [5, 5.41) is 0. The van der Waals surface area contributed by atoms with Crippen LogP contribution in [0, 0.1) is 0 Å². The molecule has 0 atom stereocenters. The zero-order valence-electron chi connectivity index (χ0n) is 9.44. The molecule has 0 saturated carbocycles. The van der Waals surface area contributed by atoms with E-state index < -0.39 is 6.09 Å². The van der Waals surface area contributed by atoms with Gasteiger partial charge in [0.2, 0.25) is 0 Å². The van der Waals surface area contributed by atoms with Crippen LogP contribution in [0.25, 0.3) is 0 Å². The van der Waals surface area contributed by atoms with Crippen LogP contribution in [0.3, 0.4) is 0 Å². The first-order chi connectivity index (χ1) is 7.56. The molecule has 3 nitrogen and oxygen atoms in total. The fraction of sp³-hybridized carbons (Fsp3) is 0.364. The van der Waals surface area contributed by atoms with Crippen LogP contribution in [0.15, 0.2) is 24.3 Å². The Morgan fingerprint density at radius 1 is 1.50 bits per heavy atom. The minimum Gasteiger partial charge on any atom is -0.357 e. The van der Waals surface area contributed by atoms with Crippen molar-refractivity contribution in [1.29, 1.82) is 0 Å². The number of hydrogen-bond donors (Lipinski definition) is 0. The summed E-state index contributed by atoms with van der Waals surface area (Å²) in [5.41, 5.74) is 1.97. The maximum absolute atomic E-state index is 11.4. The van der Waals surface area contributed by atoms with Gasteiger partial charge in [0.25, 0.3) is 0 Å². The molecule has 1 rings (SSSR count). The van der Waals surface area contributed by atoms with Crippen molar-refractivity contribution in [2.24, 2.45) is 0 Å². The van der Waals surface area contributed by atoms with Crippen molar-refractivity contribution < 1.29 is 8.98 Å². The molecule has 1 aromatic carbocycles. The van der Waals surface area contributed by atoms with Gasteiger partial charge in [0, 0.05) is 23.4 Å². The fourth-order valence-electron chi connectivity index (χ4n) is 1.28. The molecule has 0 aliphatic carbocycles. The summed E-state index contributed by atoms with van der Waals surface area (Å²) in [5.74, 6) is 0.423. The third kappa shape index (κ3) is 3.32. The highest BCUT2D eigenvalue weighted by molar-refractivity contribution is 8.17. The molecule has 16 heavy (non-hydrogen) atoms. The largest absolute Gasteiger partial charge is 0.427 e. The Morgan fingerprint density at radius 2 is 2.19 bits per heavy atom. The average Bonchev–Trinajstić information content (AvgIpc) is 2.28. The Hall–Kier alpha value is -0.870. The molecule has 0 bridgehead atoms. The SMILES string of the molecule is CC(C)c1cccc(N(C)C(=O)OSCl)c1. The van der Waals surface area contributed by atoms with Gasteiger partial charge in [-0.1, -0.05) is 26.0 Å². The number of rotatable bonds is 3. The maximum atomic E-state index is 11.4. The number of halogens is 1. The van der Waals surface area contributed by atoms with Crippen LogP contribution in [0.1, 0.15) is 25.3 Å². The van der Waals surface area contributed by atoms with Crippen molar-refractivity contribution in [3.05, 3.63) is 29.8 Å². The van der Waals surface area contributed by atoms with Gasteiger partial charge in [-0.2, -0.15) is 0 Å². The van der Waals surface area contributed by atoms with Gasteiger partial charge in [0.15, 0.2) is 11.3 Å². The van der Waals surface area contributed by atoms with E-state index in [1.54, 1.807) is 7.05 Å². The van der Waals surface area contributed by atoms with Crippen molar-refractivity contribution in [2.45, 2.75) is 19.8 Å². The van der Waals surface area contributed by atoms with Gasteiger partial charge >= 0.3 is 6.09 Å². The minimum absolute atomic E-state index is 0.423. The van der Waals surface area contributed by atoms with Gasteiger partial charge in [0.05, 0.1) is 0 Å². The second kappa shape index (κ2) is 6.01. The zero-order chi connectivity index (χ0) is 12.1. The Balaban J connectivity index is 2.87. The van der Waals surface area contributed by atoms with Crippen LogP contribution in [-0.2, 0) is 4.18 Å². The molecule has 0 unspecified atom stereocenters. The Morgan fingerprint density at radius 3 is 2.75 bits per heavy atom. The highest BCUT2D eigenvalue weighted by atomic mass is 35.7. The number of nitrogens with zero attached hydrogens (tertiary/aromatic N) is 1. The van der Waals surface area contributed by atoms with E-state index in [9.17, 15) is 4.79 Å². The van der Waals surface area contributed by atoms with Crippen molar-refractivity contribution in [3.63, 3.8) is 0 Å². The summed E-state index contributed by atoms with van der Waals surface area (Å²) in [7, 11) is 6.90. The quantitative estimate of drug-likeness (QED) is 0.763. The van der Waals surface area contributed by atoms with Gasteiger partial charge in [0.1, 0.15) is 0 Å². The van der Waals surface area contributed by atoms with E-state index in [-0.39, 0.29) is 0 Å². The highest BCUT2D eigenvalue weighted by Gasteiger charge is 2.13. The number of benzene rings is 1. The van der Waals surface area contributed by atoms with E-state index in [1.165, 1.54) is 10.5 Å². The standard InChI is InChI=1S/C11H14ClNO2S/c1-8(2)9-5-4-6-10(7-9)13(3)11(14)15-16-12/h4-8H,1-3H3. The second-order valence-electron chi connectivity index (χ2n) is 3.72. The van der Waals surface area contributed by atoms with Crippen molar-refractivity contribution >= 4 is 33.7 Å². The number of carbonyl (C=O) groups is 1. The number of amides is 1. The third-order valence-electron chi connectivity index (χ3n) is 2.30. The molecular formula is C11H14ClNO2S. The summed E-state index contributed by atoms with van der Waals surface area (Å²) in [6.07, 6.45) is -0.485.